The van der Waals surface area contributed by atoms with E-state index in [1.54, 1.807) is 0 Å². The van der Waals surface area contributed by atoms with Gasteiger partial charge in [0.1, 0.15) is 5.02 Å². The van der Waals surface area contributed by atoms with E-state index >= 15 is 0 Å². The van der Waals surface area contributed by atoms with Crippen LogP contribution in [0.5, 0.6) is 0 Å². The van der Waals surface area contributed by atoms with Crippen LogP contribution in [0.4, 0.5) is 10.8 Å². The number of thiazole rings is 1. The zero-order chi connectivity index (χ0) is 15.6. The number of hydrogen-bond acceptors (Lipinski definition) is 5. The average Bonchev–Trinajstić information content (AvgIpc) is 2.78. The summed E-state index contributed by atoms with van der Waals surface area (Å²) in [4.78, 5) is 27.5. The van der Waals surface area contributed by atoms with Crippen LogP contribution in [0.25, 0.3) is 0 Å². The van der Waals surface area contributed by atoms with E-state index in [0.717, 1.165) is 17.0 Å². The molecule has 2 aromatic rings. The third kappa shape index (κ3) is 3.37. The smallest absolute Gasteiger partial charge is 0.287 e. The number of rotatable bonds is 4. The molecule has 0 saturated carbocycles. The molecular formula is C13H12ClN3O3S. The van der Waals surface area contributed by atoms with E-state index in [4.69, 9.17) is 11.6 Å². The summed E-state index contributed by atoms with van der Waals surface area (Å²) in [7, 11) is 0. The van der Waals surface area contributed by atoms with Gasteiger partial charge in [0.2, 0.25) is 0 Å². The van der Waals surface area contributed by atoms with E-state index in [2.05, 4.69) is 10.3 Å². The molecule has 6 nitrogen and oxygen atoms in total. The van der Waals surface area contributed by atoms with Gasteiger partial charge in [-0.2, -0.15) is 0 Å². The van der Waals surface area contributed by atoms with E-state index in [1.165, 1.54) is 29.5 Å². The number of aromatic nitrogens is 1. The van der Waals surface area contributed by atoms with Gasteiger partial charge in [-0.3, -0.25) is 20.2 Å². The van der Waals surface area contributed by atoms with Gasteiger partial charge in [-0.15, -0.1) is 11.3 Å². The molecule has 1 heterocycles. The monoisotopic (exact) mass is 325 g/mol. The second-order valence-corrected chi connectivity index (χ2v) is 5.86. The predicted octanol–water partition coefficient (Wildman–Crippen LogP) is 3.83. The van der Waals surface area contributed by atoms with Crippen LogP contribution in [-0.2, 0) is 6.42 Å². The quantitative estimate of drug-likeness (QED) is 0.683. The summed E-state index contributed by atoms with van der Waals surface area (Å²) in [5.41, 5.74) is 0.958. The minimum absolute atomic E-state index is 0.0720. The fourth-order valence-electron chi connectivity index (χ4n) is 1.78. The molecule has 0 aliphatic heterocycles. The molecule has 110 valence electrons. The summed E-state index contributed by atoms with van der Waals surface area (Å²) < 4.78 is 0. The first-order valence-corrected chi connectivity index (χ1v) is 7.33. The van der Waals surface area contributed by atoms with Crippen LogP contribution in [0.15, 0.2) is 18.2 Å². The first-order chi connectivity index (χ1) is 9.92. The Bertz CT molecular complexity index is 715. The second kappa shape index (κ2) is 6.19. The summed E-state index contributed by atoms with van der Waals surface area (Å²) in [5, 5.41) is 13.8. The standard InChI is InChI=1S/C13H12ClN3O3S/c1-3-10-7(2)21-13(15-10)16-12(18)8-4-5-11(17(19)20)9(14)6-8/h4-6H,3H2,1-2H3,(H,15,16,18). The molecule has 1 aromatic heterocycles. The lowest BCUT2D eigenvalue weighted by Crippen LogP contribution is -2.11. The Morgan fingerprint density at radius 1 is 1.52 bits per heavy atom. The molecule has 2 rings (SSSR count). The lowest BCUT2D eigenvalue weighted by molar-refractivity contribution is -0.384. The number of nitrogens with one attached hydrogen (secondary N) is 1. The van der Waals surface area contributed by atoms with Crippen LogP contribution in [0, 0.1) is 17.0 Å². The number of nitro groups is 1. The highest BCUT2D eigenvalue weighted by molar-refractivity contribution is 7.15. The van der Waals surface area contributed by atoms with Crippen molar-refractivity contribution in [3.8, 4) is 0 Å². The molecule has 0 bridgehead atoms. The van der Waals surface area contributed by atoms with Crippen molar-refractivity contribution in [2.24, 2.45) is 0 Å². The third-order valence-electron chi connectivity index (χ3n) is 2.85. The normalized spacial score (nSPS) is 10.4. The van der Waals surface area contributed by atoms with E-state index < -0.39 is 10.8 Å². The molecule has 21 heavy (non-hydrogen) atoms. The summed E-state index contributed by atoms with van der Waals surface area (Å²) in [5.74, 6) is -0.400. The van der Waals surface area contributed by atoms with Crippen molar-refractivity contribution in [3.05, 3.63) is 49.5 Å². The molecule has 0 fully saturated rings. The number of aryl methyl sites for hydroxylation is 2. The number of carbonyl (C=O) groups excluding carboxylic acids is 1. The van der Waals surface area contributed by atoms with Gasteiger partial charge in [-0.25, -0.2) is 4.98 Å². The lowest BCUT2D eigenvalue weighted by Gasteiger charge is -2.02. The summed E-state index contributed by atoms with van der Waals surface area (Å²) >= 11 is 7.18. The van der Waals surface area contributed by atoms with Crippen molar-refractivity contribution in [2.75, 3.05) is 5.32 Å². The zero-order valence-electron chi connectivity index (χ0n) is 11.3. The predicted molar refractivity (Wildman–Crippen MR) is 82.3 cm³/mol. The first kappa shape index (κ1) is 15.4. The molecular weight excluding hydrogens is 314 g/mol. The van der Waals surface area contributed by atoms with E-state index in [-0.39, 0.29) is 16.3 Å². The Morgan fingerprint density at radius 2 is 2.24 bits per heavy atom. The largest absolute Gasteiger partial charge is 0.298 e. The van der Waals surface area contributed by atoms with Crippen LogP contribution >= 0.6 is 22.9 Å². The van der Waals surface area contributed by atoms with Crippen LogP contribution in [-0.4, -0.2) is 15.8 Å². The van der Waals surface area contributed by atoms with Gasteiger partial charge in [-0.1, -0.05) is 18.5 Å². The van der Waals surface area contributed by atoms with Crippen molar-refractivity contribution in [1.29, 1.82) is 0 Å². The van der Waals surface area contributed by atoms with Crippen molar-refractivity contribution in [3.63, 3.8) is 0 Å². The summed E-state index contributed by atoms with van der Waals surface area (Å²) in [6.45, 7) is 3.93. The van der Waals surface area contributed by atoms with Crippen molar-refractivity contribution in [2.45, 2.75) is 20.3 Å². The van der Waals surface area contributed by atoms with Crippen LogP contribution in [0.1, 0.15) is 27.9 Å². The molecule has 0 atom stereocenters. The van der Waals surface area contributed by atoms with E-state index in [0.29, 0.717) is 5.13 Å². The Labute approximate surface area is 129 Å². The number of hydrogen-bond donors (Lipinski definition) is 1. The maximum absolute atomic E-state index is 12.1. The van der Waals surface area contributed by atoms with Gasteiger partial charge in [-0.05, 0) is 25.5 Å². The second-order valence-electron chi connectivity index (χ2n) is 4.25. The molecule has 0 aliphatic carbocycles. The number of halogens is 1. The van der Waals surface area contributed by atoms with Crippen molar-refractivity contribution < 1.29 is 9.72 Å². The topological polar surface area (TPSA) is 85.1 Å². The number of benzene rings is 1. The summed E-state index contributed by atoms with van der Waals surface area (Å²) in [6.07, 6.45) is 0.793. The highest BCUT2D eigenvalue weighted by Gasteiger charge is 2.16. The average molecular weight is 326 g/mol. The number of anilines is 1. The molecule has 1 N–H and O–H groups in total. The zero-order valence-corrected chi connectivity index (χ0v) is 12.9. The molecule has 0 saturated heterocycles. The minimum atomic E-state index is -0.596. The number of carbonyl (C=O) groups is 1. The molecule has 1 aromatic carbocycles. The first-order valence-electron chi connectivity index (χ1n) is 6.14. The van der Waals surface area contributed by atoms with Gasteiger partial charge >= 0.3 is 0 Å². The Hall–Kier alpha value is -1.99. The maximum atomic E-state index is 12.1. The SMILES string of the molecule is CCc1nc(NC(=O)c2ccc([N+](=O)[O-])c(Cl)c2)sc1C. The lowest BCUT2D eigenvalue weighted by atomic mass is 10.2. The van der Waals surface area contributed by atoms with Crippen molar-refractivity contribution >= 4 is 39.7 Å². The Morgan fingerprint density at radius 3 is 2.76 bits per heavy atom. The van der Waals surface area contributed by atoms with Crippen LogP contribution in [0.2, 0.25) is 5.02 Å². The Balaban J connectivity index is 2.20. The molecule has 0 unspecified atom stereocenters. The van der Waals surface area contributed by atoms with Crippen LogP contribution in [0.3, 0.4) is 0 Å². The Kier molecular flexibility index (Phi) is 4.54. The fraction of sp³-hybridized carbons (Fsp3) is 0.231. The van der Waals surface area contributed by atoms with Gasteiger partial charge in [0.05, 0.1) is 10.6 Å². The molecule has 0 spiro atoms. The van der Waals surface area contributed by atoms with Gasteiger partial charge in [0.25, 0.3) is 11.6 Å². The third-order valence-corrected chi connectivity index (χ3v) is 4.09. The minimum Gasteiger partial charge on any atom is -0.298 e. The molecule has 0 radical (unpaired) electrons. The molecule has 8 heteroatoms. The molecule has 0 aliphatic rings. The highest BCUT2D eigenvalue weighted by atomic mass is 35.5. The van der Waals surface area contributed by atoms with Gasteiger partial charge in [0.15, 0.2) is 5.13 Å². The number of nitro benzene ring substituents is 1. The van der Waals surface area contributed by atoms with Gasteiger partial charge in [0, 0.05) is 16.5 Å². The van der Waals surface area contributed by atoms with Gasteiger partial charge < -0.3 is 0 Å². The van der Waals surface area contributed by atoms with Crippen LogP contribution < -0.4 is 5.32 Å². The summed E-state index contributed by atoms with van der Waals surface area (Å²) in [6, 6.07) is 3.85. The van der Waals surface area contributed by atoms with E-state index in [9.17, 15) is 14.9 Å². The maximum Gasteiger partial charge on any atom is 0.287 e. The number of amides is 1. The van der Waals surface area contributed by atoms with E-state index in [1.807, 2.05) is 13.8 Å². The van der Waals surface area contributed by atoms with Crippen molar-refractivity contribution in [1.82, 2.24) is 4.98 Å². The highest BCUT2D eigenvalue weighted by Crippen LogP contribution is 2.26. The number of nitrogens with zero attached hydrogens (tertiary/aromatic N) is 2. The molecule has 1 amide bonds. The fourth-order valence-corrected chi connectivity index (χ4v) is 2.92.